The molecule has 2 aromatic carbocycles. The lowest BCUT2D eigenvalue weighted by Crippen LogP contribution is -2.57. The molecule has 2 aromatic rings. The number of benzene rings is 2. The van der Waals surface area contributed by atoms with Gasteiger partial charge in [-0.15, -0.1) is 0 Å². The van der Waals surface area contributed by atoms with Crippen LogP contribution in [0.3, 0.4) is 0 Å². The minimum absolute atomic E-state index is 0.0753. The number of primary amides is 1. The fourth-order valence-electron chi connectivity index (χ4n) is 6.54. The summed E-state index contributed by atoms with van der Waals surface area (Å²) in [6.07, 6.45) is 5.60. The Kier molecular flexibility index (Phi) is 8.21. The number of amides is 4. The third kappa shape index (κ3) is 5.61. The Balaban J connectivity index is 1.42. The van der Waals surface area contributed by atoms with E-state index in [1.54, 1.807) is 24.3 Å². The standard InChI is InChI=1S/C31H36N4O6/c32-27(37)26(36)24(17-19-14-15-33-28(19)38)34-29(39)25(16-18-8-2-1-3-9-18)35-30(40)31(41)22-12-6-4-10-20(22)21-11-5-7-13-23(21)31/h4-7,10-13,18-19,24-25,41H,1-3,8-9,14-17H2,(H2,32,37)(H,33,38)(H,34,39)(H,35,40)/t19-,24-,25-/m1/s1. The summed E-state index contributed by atoms with van der Waals surface area (Å²) in [6.45, 7) is 0.441. The molecule has 1 aliphatic heterocycles. The van der Waals surface area contributed by atoms with Crippen LogP contribution in [-0.2, 0) is 29.6 Å². The first-order valence-electron chi connectivity index (χ1n) is 14.3. The number of carbonyl (C=O) groups is 5. The Hall–Kier alpha value is -4.05. The van der Waals surface area contributed by atoms with Crippen molar-refractivity contribution >= 4 is 29.4 Å². The average Bonchev–Trinajstić information content (AvgIpc) is 3.51. The topological polar surface area (TPSA) is 168 Å². The molecule has 1 saturated carbocycles. The van der Waals surface area contributed by atoms with Crippen molar-refractivity contribution in [3.05, 3.63) is 59.7 Å². The highest BCUT2D eigenvalue weighted by Crippen LogP contribution is 2.47. The molecule has 10 nitrogen and oxygen atoms in total. The molecule has 4 amide bonds. The molecule has 2 aliphatic carbocycles. The van der Waals surface area contributed by atoms with E-state index in [-0.39, 0.29) is 18.2 Å². The Morgan fingerprint density at radius 3 is 2.05 bits per heavy atom. The molecule has 0 spiro atoms. The van der Waals surface area contributed by atoms with Crippen LogP contribution in [0.5, 0.6) is 0 Å². The van der Waals surface area contributed by atoms with Crippen molar-refractivity contribution in [1.82, 2.24) is 16.0 Å². The van der Waals surface area contributed by atoms with Crippen LogP contribution < -0.4 is 21.7 Å². The minimum atomic E-state index is -2.03. The highest BCUT2D eigenvalue weighted by molar-refractivity contribution is 6.38. The van der Waals surface area contributed by atoms with Gasteiger partial charge in [0.05, 0.1) is 6.04 Å². The molecule has 2 fully saturated rings. The molecule has 10 heteroatoms. The maximum atomic E-state index is 14.0. The lowest BCUT2D eigenvalue weighted by Gasteiger charge is -2.31. The van der Waals surface area contributed by atoms with Gasteiger partial charge >= 0.3 is 0 Å². The third-order valence-corrected chi connectivity index (χ3v) is 8.73. The molecule has 5 rings (SSSR count). The average molecular weight is 561 g/mol. The van der Waals surface area contributed by atoms with Crippen LogP contribution in [0.25, 0.3) is 11.1 Å². The van der Waals surface area contributed by atoms with E-state index in [9.17, 15) is 29.1 Å². The van der Waals surface area contributed by atoms with E-state index < -0.39 is 47.1 Å². The van der Waals surface area contributed by atoms with Crippen LogP contribution in [-0.4, -0.2) is 53.1 Å². The lowest BCUT2D eigenvalue weighted by atomic mass is 9.84. The van der Waals surface area contributed by atoms with E-state index in [0.29, 0.717) is 30.5 Å². The van der Waals surface area contributed by atoms with E-state index in [1.165, 1.54) is 0 Å². The van der Waals surface area contributed by atoms with Gasteiger partial charge in [0.15, 0.2) is 5.60 Å². The summed E-state index contributed by atoms with van der Waals surface area (Å²) in [4.78, 5) is 64.4. The number of ketones is 1. The highest BCUT2D eigenvalue weighted by atomic mass is 16.3. The van der Waals surface area contributed by atoms with Gasteiger partial charge in [-0.05, 0) is 36.3 Å². The zero-order valence-electron chi connectivity index (χ0n) is 22.9. The van der Waals surface area contributed by atoms with Gasteiger partial charge in [-0.2, -0.15) is 0 Å². The normalized spacial score (nSPS) is 20.7. The zero-order valence-corrected chi connectivity index (χ0v) is 22.9. The van der Waals surface area contributed by atoms with Crippen molar-refractivity contribution in [1.29, 1.82) is 0 Å². The molecule has 216 valence electrons. The van der Waals surface area contributed by atoms with Crippen LogP contribution in [0.1, 0.15) is 62.5 Å². The monoisotopic (exact) mass is 560 g/mol. The van der Waals surface area contributed by atoms with Crippen molar-refractivity contribution < 1.29 is 29.1 Å². The number of carbonyl (C=O) groups excluding carboxylic acids is 5. The molecule has 1 saturated heterocycles. The van der Waals surface area contributed by atoms with E-state index in [0.717, 1.165) is 43.2 Å². The third-order valence-electron chi connectivity index (χ3n) is 8.73. The summed E-state index contributed by atoms with van der Waals surface area (Å²) in [5, 5.41) is 20.1. The Labute approximate surface area is 238 Å². The molecule has 3 aliphatic rings. The van der Waals surface area contributed by atoms with Crippen molar-refractivity contribution in [3.63, 3.8) is 0 Å². The van der Waals surface area contributed by atoms with Gasteiger partial charge in [-0.25, -0.2) is 0 Å². The fraction of sp³-hybridized carbons (Fsp3) is 0.452. The maximum Gasteiger partial charge on any atom is 0.287 e. The number of hydrogen-bond donors (Lipinski definition) is 5. The lowest BCUT2D eigenvalue weighted by molar-refractivity contribution is -0.141. The summed E-state index contributed by atoms with van der Waals surface area (Å²) in [5.74, 6) is -4.28. The Bertz CT molecular complexity index is 1320. The molecular formula is C31H36N4O6. The smallest absolute Gasteiger partial charge is 0.287 e. The fourth-order valence-corrected chi connectivity index (χ4v) is 6.54. The van der Waals surface area contributed by atoms with Crippen molar-refractivity contribution in [2.24, 2.45) is 17.6 Å². The van der Waals surface area contributed by atoms with Crippen molar-refractivity contribution in [3.8, 4) is 11.1 Å². The van der Waals surface area contributed by atoms with Gasteiger partial charge < -0.3 is 26.8 Å². The van der Waals surface area contributed by atoms with Crippen LogP contribution in [0.15, 0.2) is 48.5 Å². The second-order valence-electron chi connectivity index (χ2n) is 11.4. The van der Waals surface area contributed by atoms with E-state index >= 15 is 0 Å². The molecule has 0 aromatic heterocycles. The van der Waals surface area contributed by atoms with Crippen LogP contribution >= 0.6 is 0 Å². The molecule has 1 heterocycles. The summed E-state index contributed by atoms with van der Waals surface area (Å²) < 4.78 is 0. The molecule has 41 heavy (non-hydrogen) atoms. The summed E-state index contributed by atoms with van der Waals surface area (Å²) in [5.41, 5.74) is 5.56. The van der Waals surface area contributed by atoms with Gasteiger partial charge in [-0.3, -0.25) is 24.0 Å². The first-order valence-corrected chi connectivity index (χ1v) is 14.3. The van der Waals surface area contributed by atoms with E-state index in [4.69, 9.17) is 5.73 Å². The minimum Gasteiger partial charge on any atom is -0.372 e. The second kappa shape index (κ2) is 11.8. The predicted molar refractivity (Wildman–Crippen MR) is 150 cm³/mol. The predicted octanol–water partition coefficient (Wildman–Crippen LogP) is 1.42. The highest BCUT2D eigenvalue weighted by Gasteiger charge is 2.49. The Morgan fingerprint density at radius 1 is 0.878 bits per heavy atom. The van der Waals surface area contributed by atoms with Gasteiger partial charge in [0, 0.05) is 23.6 Å². The summed E-state index contributed by atoms with van der Waals surface area (Å²) in [6, 6.07) is 11.8. The first-order chi connectivity index (χ1) is 19.7. The molecule has 0 unspecified atom stereocenters. The zero-order chi connectivity index (χ0) is 29.1. The summed E-state index contributed by atoms with van der Waals surface area (Å²) >= 11 is 0. The van der Waals surface area contributed by atoms with Crippen LogP contribution in [0, 0.1) is 11.8 Å². The molecule has 0 bridgehead atoms. The van der Waals surface area contributed by atoms with Gasteiger partial charge in [0.1, 0.15) is 6.04 Å². The molecular weight excluding hydrogens is 524 g/mol. The maximum absolute atomic E-state index is 14.0. The largest absolute Gasteiger partial charge is 0.372 e. The molecule has 0 radical (unpaired) electrons. The van der Waals surface area contributed by atoms with Crippen LogP contribution in [0.4, 0.5) is 0 Å². The van der Waals surface area contributed by atoms with Gasteiger partial charge in [0.2, 0.25) is 17.6 Å². The van der Waals surface area contributed by atoms with Gasteiger partial charge in [-0.1, -0.05) is 80.6 Å². The number of Topliss-reactive ketones (excluding diaryl/α,β-unsaturated/α-hetero) is 1. The number of fused-ring (bicyclic) bond motifs is 3. The number of hydrogen-bond acceptors (Lipinski definition) is 6. The quantitative estimate of drug-likeness (QED) is 0.276. The van der Waals surface area contributed by atoms with E-state index in [2.05, 4.69) is 16.0 Å². The summed E-state index contributed by atoms with van der Waals surface area (Å²) in [7, 11) is 0. The SMILES string of the molecule is NC(=O)C(=O)[C@@H](C[C@H]1CCNC1=O)NC(=O)[C@@H](CC1CCCCC1)NC(=O)C1(O)c2ccccc2-c2ccccc21. The number of nitrogens with two attached hydrogens (primary N) is 1. The van der Waals surface area contributed by atoms with E-state index in [1.807, 2.05) is 24.3 Å². The van der Waals surface area contributed by atoms with Crippen molar-refractivity contribution in [2.75, 3.05) is 6.54 Å². The molecule has 6 N–H and O–H groups in total. The molecule has 3 atom stereocenters. The number of aliphatic hydroxyl groups is 1. The Morgan fingerprint density at radius 2 is 1.49 bits per heavy atom. The second-order valence-corrected chi connectivity index (χ2v) is 11.4. The number of rotatable bonds is 10. The van der Waals surface area contributed by atoms with Gasteiger partial charge in [0.25, 0.3) is 11.8 Å². The van der Waals surface area contributed by atoms with Crippen LogP contribution in [0.2, 0.25) is 0 Å². The number of nitrogens with one attached hydrogen (secondary N) is 3. The van der Waals surface area contributed by atoms with Crippen molar-refractivity contribution in [2.45, 2.75) is 69.1 Å². The first kappa shape index (κ1) is 28.5.